The molecule has 8 rings (SSSR count). The largest absolute Gasteiger partial charge is 0.494 e. The van der Waals surface area contributed by atoms with Gasteiger partial charge >= 0.3 is 5.97 Å². The molecule has 3 aromatic carbocycles. The van der Waals surface area contributed by atoms with Crippen molar-refractivity contribution in [2.75, 3.05) is 50.9 Å². The summed E-state index contributed by atoms with van der Waals surface area (Å²) < 4.78 is 17.8. The number of fused-ring (bicyclic) bond motifs is 4. The third-order valence-electron chi connectivity index (χ3n) is 11.9. The fourth-order valence-electron chi connectivity index (χ4n) is 9.16. The van der Waals surface area contributed by atoms with E-state index in [0.29, 0.717) is 68.7 Å². The molecule has 6 aromatic rings. The molecule has 0 spiro atoms. The molecular weight excluding hydrogens is 775 g/mol. The summed E-state index contributed by atoms with van der Waals surface area (Å²) in [4.78, 5) is 32.4. The maximum absolute atomic E-state index is 15.5. The molecule has 58 heavy (non-hydrogen) atoms. The van der Waals surface area contributed by atoms with Crippen LogP contribution in [0.3, 0.4) is 0 Å². The van der Waals surface area contributed by atoms with Gasteiger partial charge in [-0.05, 0) is 113 Å². The average molecular weight is 826 g/mol. The van der Waals surface area contributed by atoms with E-state index in [4.69, 9.17) is 37.8 Å². The normalized spacial score (nSPS) is 16.2. The SMILES string of the molecule is Cc1cc(N2CC(C)n3c(c(CCCOc4cc(C)c(Cl)c(C)c4)c4ccc(Cl)c(-c5c(C)nn(C)c5C)c43)C2=O)c2c(c1)cc(C(=O)O)n2CCN1CCOCC1. The van der Waals surface area contributed by atoms with Gasteiger partial charge in [0.05, 0.1) is 47.3 Å². The van der Waals surface area contributed by atoms with Gasteiger partial charge in [-0.1, -0.05) is 29.3 Å². The van der Waals surface area contributed by atoms with Crippen LogP contribution in [0.1, 0.15) is 74.0 Å². The van der Waals surface area contributed by atoms with Crippen LogP contribution in [0.5, 0.6) is 5.75 Å². The smallest absolute Gasteiger partial charge is 0.352 e. The van der Waals surface area contributed by atoms with E-state index < -0.39 is 5.97 Å². The number of hydrogen-bond acceptors (Lipinski definition) is 6. The molecule has 2 aliphatic rings. The first-order chi connectivity index (χ1) is 27.7. The lowest BCUT2D eigenvalue weighted by atomic mass is 9.98. The quantitative estimate of drug-likeness (QED) is 0.130. The van der Waals surface area contributed by atoms with Gasteiger partial charge in [0.1, 0.15) is 17.1 Å². The number of ether oxygens (including phenoxy) is 2. The maximum Gasteiger partial charge on any atom is 0.352 e. The number of halogens is 2. The fourth-order valence-corrected chi connectivity index (χ4v) is 9.51. The van der Waals surface area contributed by atoms with Crippen LogP contribution >= 0.6 is 23.2 Å². The van der Waals surface area contributed by atoms with Crippen LogP contribution < -0.4 is 9.64 Å². The van der Waals surface area contributed by atoms with Crippen LogP contribution in [0.2, 0.25) is 10.0 Å². The van der Waals surface area contributed by atoms with E-state index in [0.717, 1.165) is 90.4 Å². The minimum Gasteiger partial charge on any atom is -0.494 e. The molecule has 3 aromatic heterocycles. The monoisotopic (exact) mass is 824 g/mol. The Morgan fingerprint density at radius 2 is 1.69 bits per heavy atom. The zero-order chi connectivity index (χ0) is 41.2. The van der Waals surface area contributed by atoms with Gasteiger partial charge in [-0.25, -0.2) is 4.79 Å². The Morgan fingerprint density at radius 1 is 0.966 bits per heavy atom. The third kappa shape index (κ3) is 6.95. The van der Waals surface area contributed by atoms with Crippen LogP contribution in [0.4, 0.5) is 5.69 Å². The highest BCUT2D eigenvalue weighted by Crippen LogP contribution is 2.46. The number of rotatable bonds is 11. The second kappa shape index (κ2) is 15.7. The molecule has 13 heteroatoms. The number of carboxylic acid groups (broad SMARTS) is 1. The molecule has 2 aliphatic heterocycles. The number of carbonyl (C=O) groups is 2. The fraction of sp³-hybridized carbons (Fsp3) is 0.400. The number of aryl methyl sites for hydroxylation is 6. The summed E-state index contributed by atoms with van der Waals surface area (Å²) in [6.45, 7) is 16.9. The predicted molar refractivity (Wildman–Crippen MR) is 231 cm³/mol. The second-order valence-corrected chi connectivity index (χ2v) is 16.7. The first-order valence-corrected chi connectivity index (χ1v) is 20.7. The second-order valence-electron chi connectivity index (χ2n) is 15.9. The molecule has 1 saturated heterocycles. The van der Waals surface area contributed by atoms with Gasteiger partial charge in [-0.3, -0.25) is 14.4 Å². The number of nitrogens with zero attached hydrogens (tertiary/aromatic N) is 6. The number of carboxylic acids is 1. The van der Waals surface area contributed by atoms with Gasteiger partial charge in [0.15, 0.2) is 0 Å². The Morgan fingerprint density at radius 3 is 2.36 bits per heavy atom. The van der Waals surface area contributed by atoms with Crippen LogP contribution in [0.15, 0.2) is 42.5 Å². The van der Waals surface area contributed by atoms with E-state index in [9.17, 15) is 9.90 Å². The van der Waals surface area contributed by atoms with Crippen molar-refractivity contribution in [3.63, 3.8) is 0 Å². The number of aromatic carboxylic acids is 1. The standard InChI is InChI=1S/C45H50Cl2N6O5/c1-25-19-31-23-37(45(55)56)51(13-12-50-14-17-57-18-15-50)41(31)36(20-25)52-24-28(4)53-42-34(10-11-35(46)39(42)38-29(5)48-49(7)30(38)6)33(43(53)44(52)54)9-8-16-58-32-21-26(2)40(47)27(3)22-32/h10-11,19-23,28H,8-9,12-18,24H2,1-7H3,(H,55,56). The topological polar surface area (TPSA) is 107 Å². The van der Waals surface area contributed by atoms with E-state index in [1.807, 2.05) is 92.2 Å². The van der Waals surface area contributed by atoms with Crippen molar-refractivity contribution in [3.8, 4) is 16.9 Å². The van der Waals surface area contributed by atoms with Crippen LogP contribution in [0.25, 0.3) is 32.9 Å². The predicted octanol–water partition coefficient (Wildman–Crippen LogP) is 9.11. The van der Waals surface area contributed by atoms with E-state index in [-0.39, 0.29) is 17.6 Å². The summed E-state index contributed by atoms with van der Waals surface area (Å²) >= 11 is 13.6. The molecule has 1 atom stereocenters. The summed E-state index contributed by atoms with van der Waals surface area (Å²) in [6, 6.07) is 13.5. The molecule has 5 heterocycles. The van der Waals surface area contributed by atoms with E-state index >= 15 is 4.79 Å². The Kier molecular flexibility index (Phi) is 10.9. The summed E-state index contributed by atoms with van der Waals surface area (Å²) in [5.74, 6) is -0.379. The van der Waals surface area contributed by atoms with Gasteiger partial charge < -0.3 is 28.6 Å². The molecule has 0 bridgehead atoms. The van der Waals surface area contributed by atoms with Crippen molar-refractivity contribution in [2.45, 2.75) is 67.0 Å². The van der Waals surface area contributed by atoms with Crippen molar-refractivity contribution < 1.29 is 24.2 Å². The van der Waals surface area contributed by atoms with Gasteiger partial charge in [-0.2, -0.15) is 5.10 Å². The third-order valence-corrected chi connectivity index (χ3v) is 12.8. The summed E-state index contributed by atoms with van der Waals surface area (Å²) in [6.07, 6.45) is 1.23. The van der Waals surface area contributed by atoms with Crippen LogP contribution in [-0.4, -0.2) is 86.8 Å². The van der Waals surface area contributed by atoms with Crippen molar-refractivity contribution in [1.29, 1.82) is 0 Å². The molecule has 1 fully saturated rings. The first kappa shape index (κ1) is 40.0. The van der Waals surface area contributed by atoms with Gasteiger partial charge in [0.2, 0.25) is 0 Å². The molecule has 0 saturated carbocycles. The number of morpholine rings is 1. The number of aromatic nitrogens is 4. The highest BCUT2D eigenvalue weighted by atomic mass is 35.5. The van der Waals surface area contributed by atoms with Crippen LogP contribution in [0, 0.1) is 34.6 Å². The minimum absolute atomic E-state index is 0.138. The lowest BCUT2D eigenvalue weighted by molar-refractivity contribution is 0.0362. The summed E-state index contributed by atoms with van der Waals surface area (Å²) in [5, 5.41) is 18.3. The first-order valence-electron chi connectivity index (χ1n) is 20.0. The summed E-state index contributed by atoms with van der Waals surface area (Å²) in [5.41, 5.74) is 10.6. The Balaban J connectivity index is 1.26. The number of carbonyl (C=O) groups excluding carboxylic acids is 1. The van der Waals surface area contributed by atoms with Crippen LogP contribution in [-0.2, 0) is 24.8 Å². The van der Waals surface area contributed by atoms with E-state index in [1.54, 1.807) is 6.07 Å². The zero-order valence-electron chi connectivity index (χ0n) is 34.2. The number of benzene rings is 3. The molecule has 1 unspecified atom stereocenters. The van der Waals surface area contributed by atoms with Crippen molar-refractivity contribution in [3.05, 3.63) is 97.5 Å². The number of hydrogen-bond donors (Lipinski definition) is 1. The zero-order valence-corrected chi connectivity index (χ0v) is 35.7. The minimum atomic E-state index is -1.00. The van der Waals surface area contributed by atoms with Crippen molar-refractivity contribution >= 4 is 62.6 Å². The van der Waals surface area contributed by atoms with Crippen molar-refractivity contribution in [1.82, 2.24) is 23.8 Å². The highest BCUT2D eigenvalue weighted by Gasteiger charge is 2.38. The molecule has 1 N–H and O–H groups in total. The van der Waals surface area contributed by atoms with Gasteiger partial charge in [0.25, 0.3) is 5.91 Å². The Labute approximate surface area is 348 Å². The van der Waals surface area contributed by atoms with E-state index in [1.165, 1.54) is 0 Å². The van der Waals surface area contributed by atoms with Gasteiger partial charge in [0, 0.05) is 78.4 Å². The maximum atomic E-state index is 15.5. The molecular formula is C45H50Cl2N6O5. The molecule has 0 radical (unpaired) electrons. The number of amides is 1. The lowest BCUT2D eigenvalue weighted by Gasteiger charge is -2.35. The van der Waals surface area contributed by atoms with E-state index in [2.05, 4.69) is 16.4 Å². The molecule has 0 aliphatic carbocycles. The number of anilines is 1. The average Bonchev–Trinajstić information content (AvgIpc) is 3.81. The molecule has 304 valence electrons. The molecule has 1 amide bonds. The Bertz CT molecular complexity index is 2590. The lowest BCUT2D eigenvalue weighted by Crippen LogP contribution is -2.43. The van der Waals surface area contributed by atoms with Crippen molar-refractivity contribution in [2.24, 2.45) is 7.05 Å². The summed E-state index contributed by atoms with van der Waals surface area (Å²) in [7, 11) is 1.93. The Hall–Kier alpha value is -4.81. The molecule has 11 nitrogen and oxygen atoms in total. The highest BCUT2D eigenvalue weighted by molar-refractivity contribution is 6.35. The van der Waals surface area contributed by atoms with Gasteiger partial charge in [-0.15, -0.1) is 0 Å².